The molecule has 1 aromatic heterocycles. The Hall–Kier alpha value is -1.91. The number of hydrogen-bond donors (Lipinski definition) is 0. The molecule has 0 N–H and O–H groups in total. The molecule has 1 heterocycles. The van der Waals surface area contributed by atoms with Gasteiger partial charge in [-0.2, -0.15) is 0 Å². The van der Waals surface area contributed by atoms with Crippen LogP contribution >= 0.6 is 0 Å². The van der Waals surface area contributed by atoms with Gasteiger partial charge in [-0.1, -0.05) is 19.9 Å². The zero-order chi connectivity index (χ0) is 15.1. The molecule has 0 saturated carbocycles. The molecule has 0 spiro atoms. The van der Waals surface area contributed by atoms with Crippen LogP contribution in [0.3, 0.4) is 0 Å². The summed E-state index contributed by atoms with van der Waals surface area (Å²) in [5, 5.41) is 0. The Bertz CT molecular complexity index is 519. The summed E-state index contributed by atoms with van der Waals surface area (Å²) < 4.78 is 6.42. The van der Waals surface area contributed by atoms with Crippen LogP contribution in [0, 0.1) is 5.92 Å². The second-order valence-electron chi connectivity index (χ2n) is 5.05. The standard InChI is InChI=1S/C15H21NO4/c1-4-20-15(19)13(9-11(2)3)16-10-12(7-8-17)5-6-14(16)18/h5-6,8,10-11,13H,4,7,9H2,1-3H3. The molecule has 0 bridgehead atoms. The van der Waals surface area contributed by atoms with Crippen molar-refractivity contribution in [3.8, 4) is 0 Å². The Kier molecular flexibility index (Phi) is 6.15. The van der Waals surface area contributed by atoms with Crippen LogP contribution < -0.4 is 5.56 Å². The van der Waals surface area contributed by atoms with Crippen molar-refractivity contribution in [2.75, 3.05) is 6.61 Å². The Morgan fingerprint density at radius 2 is 2.10 bits per heavy atom. The van der Waals surface area contributed by atoms with E-state index in [0.717, 1.165) is 6.29 Å². The first kappa shape index (κ1) is 16.1. The Morgan fingerprint density at radius 3 is 2.65 bits per heavy atom. The number of nitrogens with zero attached hydrogens (tertiary/aromatic N) is 1. The molecule has 0 radical (unpaired) electrons. The minimum absolute atomic E-state index is 0.220. The van der Waals surface area contributed by atoms with Crippen molar-refractivity contribution in [1.29, 1.82) is 0 Å². The molecular formula is C15H21NO4. The van der Waals surface area contributed by atoms with Crippen molar-refractivity contribution in [1.82, 2.24) is 4.57 Å². The molecule has 0 aromatic carbocycles. The fourth-order valence-corrected chi connectivity index (χ4v) is 2.02. The molecule has 1 rings (SSSR count). The molecular weight excluding hydrogens is 258 g/mol. The molecule has 5 heteroatoms. The molecule has 0 saturated heterocycles. The zero-order valence-electron chi connectivity index (χ0n) is 12.2. The molecule has 1 atom stereocenters. The maximum Gasteiger partial charge on any atom is 0.329 e. The Morgan fingerprint density at radius 1 is 1.40 bits per heavy atom. The molecule has 0 aliphatic carbocycles. The van der Waals surface area contributed by atoms with Crippen LogP contribution in [-0.4, -0.2) is 23.4 Å². The lowest BCUT2D eigenvalue weighted by molar-refractivity contribution is -0.147. The monoisotopic (exact) mass is 279 g/mol. The van der Waals surface area contributed by atoms with Crippen molar-refractivity contribution in [3.63, 3.8) is 0 Å². The molecule has 110 valence electrons. The van der Waals surface area contributed by atoms with Crippen LogP contribution in [0.25, 0.3) is 0 Å². The average molecular weight is 279 g/mol. The lowest BCUT2D eigenvalue weighted by Crippen LogP contribution is -2.31. The second-order valence-corrected chi connectivity index (χ2v) is 5.05. The maximum atomic E-state index is 12.0. The summed E-state index contributed by atoms with van der Waals surface area (Å²) in [6.07, 6.45) is 3.08. The minimum atomic E-state index is -0.644. The number of rotatable bonds is 7. The highest BCUT2D eigenvalue weighted by atomic mass is 16.5. The summed E-state index contributed by atoms with van der Waals surface area (Å²) in [5.41, 5.74) is 0.441. The van der Waals surface area contributed by atoms with E-state index in [-0.39, 0.29) is 24.5 Å². The van der Waals surface area contributed by atoms with E-state index in [0.29, 0.717) is 12.0 Å². The molecule has 0 amide bonds. The Labute approximate surface area is 118 Å². The number of hydrogen-bond acceptors (Lipinski definition) is 4. The van der Waals surface area contributed by atoms with Crippen LogP contribution in [0.4, 0.5) is 0 Å². The van der Waals surface area contributed by atoms with E-state index >= 15 is 0 Å². The van der Waals surface area contributed by atoms with Crippen LogP contribution in [-0.2, 0) is 20.7 Å². The van der Waals surface area contributed by atoms with E-state index in [1.807, 2.05) is 13.8 Å². The molecule has 5 nitrogen and oxygen atoms in total. The molecule has 1 aromatic rings. The zero-order valence-corrected chi connectivity index (χ0v) is 12.2. The van der Waals surface area contributed by atoms with E-state index < -0.39 is 12.0 Å². The number of carbonyl (C=O) groups is 2. The van der Waals surface area contributed by atoms with Gasteiger partial charge in [0.15, 0.2) is 0 Å². The van der Waals surface area contributed by atoms with Gasteiger partial charge in [-0.3, -0.25) is 4.79 Å². The topological polar surface area (TPSA) is 65.4 Å². The first-order valence-corrected chi connectivity index (χ1v) is 6.80. The quantitative estimate of drug-likeness (QED) is 0.563. The van der Waals surface area contributed by atoms with Gasteiger partial charge < -0.3 is 14.1 Å². The van der Waals surface area contributed by atoms with Crippen LogP contribution in [0.1, 0.15) is 38.8 Å². The van der Waals surface area contributed by atoms with Gasteiger partial charge in [0.05, 0.1) is 6.61 Å². The van der Waals surface area contributed by atoms with Crippen molar-refractivity contribution < 1.29 is 14.3 Å². The van der Waals surface area contributed by atoms with Gasteiger partial charge in [0, 0.05) is 18.7 Å². The molecule has 0 aliphatic rings. The predicted molar refractivity (Wildman–Crippen MR) is 75.6 cm³/mol. The summed E-state index contributed by atoms with van der Waals surface area (Å²) in [5.74, 6) is -0.169. The third-order valence-corrected chi connectivity index (χ3v) is 2.91. The van der Waals surface area contributed by atoms with Crippen LogP contribution in [0.2, 0.25) is 0 Å². The summed E-state index contributed by atoms with van der Waals surface area (Å²) in [4.78, 5) is 34.6. The van der Waals surface area contributed by atoms with Gasteiger partial charge >= 0.3 is 5.97 Å². The summed E-state index contributed by atoms with van der Waals surface area (Å²) in [6.45, 7) is 5.96. The van der Waals surface area contributed by atoms with Gasteiger partial charge in [-0.25, -0.2) is 4.79 Å². The maximum absolute atomic E-state index is 12.0. The smallest absolute Gasteiger partial charge is 0.329 e. The molecule has 0 aliphatic heterocycles. The van der Waals surface area contributed by atoms with E-state index in [1.54, 1.807) is 19.2 Å². The number of esters is 1. The number of carbonyl (C=O) groups excluding carboxylic acids is 2. The molecule has 0 fully saturated rings. The van der Waals surface area contributed by atoms with Gasteiger partial charge in [0.1, 0.15) is 12.3 Å². The van der Waals surface area contributed by atoms with Gasteiger partial charge in [0.2, 0.25) is 0 Å². The predicted octanol–water partition coefficient (Wildman–Crippen LogP) is 1.74. The van der Waals surface area contributed by atoms with Gasteiger partial charge in [0.25, 0.3) is 5.56 Å². The summed E-state index contributed by atoms with van der Waals surface area (Å²) in [7, 11) is 0. The van der Waals surface area contributed by atoms with Crippen LogP contribution in [0.5, 0.6) is 0 Å². The number of ether oxygens (including phenoxy) is 1. The SMILES string of the molecule is CCOC(=O)C(CC(C)C)n1cc(CC=O)ccc1=O. The first-order chi connectivity index (χ1) is 9.49. The van der Waals surface area contributed by atoms with Crippen molar-refractivity contribution in [2.45, 2.75) is 39.7 Å². The normalized spacial score (nSPS) is 12.2. The fourth-order valence-electron chi connectivity index (χ4n) is 2.02. The lowest BCUT2D eigenvalue weighted by atomic mass is 10.0. The summed E-state index contributed by atoms with van der Waals surface area (Å²) >= 11 is 0. The third kappa shape index (κ3) is 4.33. The number of aromatic nitrogens is 1. The molecule has 1 unspecified atom stereocenters. The van der Waals surface area contributed by atoms with Crippen molar-refractivity contribution in [3.05, 3.63) is 34.2 Å². The third-order valence-electron chi connectivity index (χ3n) is 2.91. The van der Waals surface area contributed by atoms with E-state index in [2.05, 4.69) is 0 Å². The minimum Gasteiger partial charge on any atom is -0.464 e. The summed E-state index contributed by atoms with van der Waals surface area (Å²) in [6, 6.07) is 2.34. The number of pyridine rings is 1. The van der Waals surface area contributed by atoms with E-state index in [4.69, 9.17) is 4.74 Å². The van der Waals surface area contributed by atoms with Crippen molar-refractivity contribution in [2.24, 2.45) is 5.92 Å². The second kappa shape index (κ2) is 7.62. The average Bonchev–Trinajstić information content (AvgIpc) is 2.39. The highest BCUT2D eigenvalue weighted by Gasteiger charge is 2.23. The van der Waals surface area contributed by atoms with Crippen molar-refractivity contribution >= 4 is 12.3 Å². The highest BCUT2D eigenvalue weighted by Crippen LogP contribution is 2.18. The van der Waals surface area contributed by atoms with E-state index in [9.17, 15) is 14.4 Å². The largest absolute Gasteiger partial charge is 0.464 e. The van der Waals surface area contributed by atoms with Crippen LogP contribution in [0.15, 0.2) is 23.1 Å². The number of aldehydes is 1. The van der Waals surface area contributed by atoms with E-state index in [1.165, 1.54) is 10.6 Å². The Balaban J connectivity index is 3.17. The fraction of sp³-hybridized carbons (Fsp3) is 0.533. The lowest BCUT2D eigenvalue weighted by Gasteiger charge is -2.20. The van der Waals surface area contributed by atoms with Gasteiger partial charge in [-0.05, 0) is 24.8 Å². The molecule has 20 heavy (non-hydrogen) atoms. The first-order valence-electron chi connectivity index (χ1n) is 6.80. The van der Waals surface area contributed by atoms with Gasteiger partial charge in [-0.15, -0.1) is 0 Å². The highest BCUT2D eigenvalue weighted by molar-refractivity contribution is 5.74.